The predicted octanol–water partition coefficient (Wildman–Crippen LogP) is 2.89. The maximum Gasteiger partial charge on any atom is 0.274 e. The molecule has 0 unspecified atom stereocenters. The van der Waals surface area contributed by atoms with Crippen LogP contribution in [0, 0.1) is 10.1 Å². The van der Waals surface area contributed by atoms with E-state index in [0.29, 0.717) is 15.2 Å². The SMILES string of the molecule is COc1ccc(C=c2sc3nc(-c4ccc([N+](=O)[O-])cc4)cn3c2=O)cc1. The summed E-state index contributed by atoms with van der Waals surface area (Å²) >= 11 is 1.30. The smallest absolute Gasteiger partial charge is 0.274 e. The molecule has 0 aliphatic carbocycles. The highest BCUT2D eigenvalue weighted by atomic mass is 32.1. The van der Waals surface area contributed by atoms with Crippen molar-refractivity contribution >= 4 is 28.1 Å². The van der Waals surface area contributed by atoms with E-state index in [1.165, 1.54) is 27.9 Å². The predicted molar refractivity (Wildman–Crippen MR) is 103 cm³/mol. The first-order valence-corrected chi connectivity index (χ1v) is 8.79. The van der Waals surface area contributed by atoms with Gasteiger partial charge in [-0.05, 0) is 35.9 Å². The molecule has 0 saturated heterocycles. The number of non-ortho nitro benzene ring substituents is 1. The Morgan fingerprint density at radius 1 is 1.15 bits per heavy atom. The summed E-state index contributed by atoms with van der Waals surface area (Å²) in [5.74, 6) is 0.753. The van der Waals surface area contributed by atoms with Gasteiger partial charge in [-0.25, -0.2) is 4.98 Å². The molecule has 0 amide bonds. The molecular weight excluding hydrogens is 366 g/mol. The molecule has 2 heterocycles. The van der Waals surface area contributed by atoms with E-state index in [1.54, 1.807) is 25.4 Å². The summed E-state index contributed by atoms with van der Waals surface area (Å²) in [6.07, 6.45) is 3.47. The van der Waals surface area contributed by atoms with Crippen LogP contribution in [-0.2, 0) is 0 Å². The number of thiazole rings is 1. The number of hydrogen-bond acceptors (Lipinski definition) is 6. The maximum absolute atomic E-state index is 12.6. The number of hydrogen-bond donors (Lipinski definition) is 0. The molecule has 0 fully saturated rings. The summed E-state index contributed by atoms with van der Waals surface area (Å²) in [6, 6.07) is 13.5. The van der Waals surface area contributed by atoms with Gasteiger partial charge in [0.1, 0.15) is 5.75 Å². The van der Waals surface area contributed by atoms with Crippen molar-refractivity contribution in [3.8, 4) is 17.0 Å². The molecule has 7 nitrogen and oxygen atoms in total. The summed E-state index contributed by atoms with van der Waals surface area (Å²) in [5, 5.41) is 10.8. The third-order valence-corrected chi connectivity index (χ3v) is 5.07. The second kappa shape index (κ2) is 6.65. The molecule has 0 N–H and O–H groups in total. The average molecular weight is 379 g/mol. The van der Waals surface area contributed by atoms with Gasteiger partial charge in [-0.1, -0.05) is 23.5 Å². The van der Waals surface area contributed by atoms with Gasteiger partial charge >= 0.3 is 0 Å². The molecular formula is C19H13N3O4S. The molecule has 0 bridgehead atoms. The van der Waals surface area contributed by atoms with Gasteiger partial charge < -0.3 is 4.74 Å². The summed E-state index contributed by atoms with van der Waals surface area (Å²) in [7, 11) is 1.60. The number of fused-ring (bicyclic) bond motifs is 1. The lowest BCUT2D eigenvalue weighted by Crippen LogP contribution is -2.22. The Morgan fingerprint density at radius 2 is 1.85 bits per heavy atom. The molecule has 0 aliphatic heterocycles. The van der Waals surface area contributed by atoms with Gasteiger partial charge in [0.15, 0.2) is 4.96 Å². The lowest BCUT2D eigenvalue weighted by Gasteiger charge is -1.98. The third kappa shape index (κ3) is 3.18. The van der Waals surface area contributed by atoms with Crippen LogP contribution in [0.25, 0.3) is 22.3 Å². The van der Waals surface area contributed by atoms with Crippen LogP contribution in [0.1, 0.15) is 5.56 Å². The number of nitrogens with zero attached hydrogens (tertiary/aromatic N) is 3. The highest BCUT2D eigenvalue weighted by Crippen LogP contribution is 2.22. The molecule has 0 atom stereocenters. The molecule has 0 aliphatic rings. The largest absolute Gasteiger partial charge is 0.497 e. The first kappa shape index (κ1) is 16.9. The van der Waals surface area contributed by atoms with Crippen LogP contribution in [0.4, 0.5) is 5.69 Å². The molecule has 4 aromatic rings. The molecule has 27 heavy (non-hydrogen) atoms. The Hall–Kier alpha value is -3.52. The van der Waals surface area contributed by atoms with Gasteiger partial charge in [0.05, 0.1) is 22.3 Å². The monoisotopic (exact) mass is 379 g/mol. The molecule has 0 saturated carbocycles. The van der Waals surface area contributed by atoms with Crippen molar-refractivity contribution in [1.29, 1.82) is 0 Å². The standard InChI is InChI=1S/C19H13N3O4S/c1-26-15-8-2-12(3-9-15)10-17-18(23)21-11-16(20-19(21)27-17)13-4-6-14(7-5-13)22(24)25/h2-11H,1H3. The van der Waals surface area contributed by atoms with Gasteiger partial charge in [-0.15, -0.1) is 0 Å². The van der Waals surface area contributed by atoms with Crippen LogP contribution in [0.15, 0.2) is 59.5 Å². The highest BCUT2D eigenvalue weighted by molar-refractivity contribution is 7.15. The lowest BCUT2D eigenvalue weighted by molar-refractivity contribution is -0.384. The van der Waals surface area contributed by atoms with E-state index in [-0.39, 0.29) is 11.2 Å². The van der Waals surface area contributed by atoms with Crippen LogP contribution < -0.4 is 14.8 Å². The molecule has 4 rings (SSSR count). The maximum atomic E-state index is 12.6. The minimum Gasteiger partial charge on any atom is -0.497 e. The second-order valence-electron chi connectivity index (χ2n) is 5.77. The summed E-state index contributed by atoms with van der Waals surface area (Å²) < 4.78 is 7.21. The normalized spacial score (nSPS) is 11.8. The van der Waals surface area contributed by atoms with Gasteiger partial charge in [-0.2, -0.15) is 0 Å². The van der Waals surface area contributed by atoms with Crippen molar-refractivity contribution in [2.45, 2.75) is 0 Å². The zero-order valence-electron chi connectivity index (χ0n) is 14.2. The highest BCUT2D eigenvalue weighted by Gasteiger charge is 2.11. The Labute approximate surface area is 156 Å². The number of nitro groups is 1. The number of imidazole rings is 1. The van der Waals surface area contributed by atoms with Crippen LogP contribution in [0.3, 0.4) is 0 Å². The zero-order chi connectivity index (χ0) is 19.0. The van der Waals surface area contributed by atoms with Crippen LogP contribution in [0.2, 0.25) is 0 Å². The van der Waals surface area contributed by atoms with Crippen molar-refractivity contribution in [3.63, 3.8) is 0 Å². The molecule has 0 spiro atoms. The first-order valence-electron chi connectivity index (χ1n) is 7.97. The van der Waals surface area contributed by atoms with Gasteiger partial charge in [0, 0.05) is 23.9 Å². The quantitative estimate of drug-likeness (QED) is 0.402. The number of methoxy groups -OCH3 is 1. The topological polar surface area (TPSA) is 86.7 Å². The number of ether oxygens (including phenoxy) is 1. The van der Waals surface area contributed by atoms with E-state index in [9.17, 15) is 14.9 Å². The number of aromatic nitrogens is 2. The van der Waals surface area contributed by atoms with Gasteiger partial charge in [-0.3, -0.25) is 19.3 Å². The van der Waals surface area contributed by atoms with Crippen molar-refractivity contribution < 1.29 is 9.66 Å². The number of nitro benzene ring substituents is 1. The summed E-state index contributed by atoms with van der Waals surface area (Å²) in [6.45, 7) is 0. The van der Waals surface area contributed by atoms with Crippen molar-refractivity contribution in [2.24, 2.45) is 0 Å². The summed E-state index contributed by atoms with van der Waals surface area (Å²) in [4.78, 5) is 28.0. The van der Waals surface area contributed by atoms with Crippen molar-refractivity contribution in [1.82, 2.24) is 9.38 Å². The van der Waals surface area contributed by atoms with Crippen molar-refractivity contribution in [2.75, 3.05) is 7.11 Å². The molecule has 134 valence electrons. The van der Waals surface area contributed by atoms with E-state index in [4.69, 9.17) is 4.74 Å². The van der Waals surface area contributed by atoms with Crippen LogP contribution >= 0.6 is 11.3 Å². The van der Waals surface area contributed by atoms with E-state index >= 15 is 0 Å². The van der Waals surface area contributed by atoms with Crippen molar-refractivity contribution in [3.05, 3.63) is 85.3 Å². The molecule has 2 aromatic carbocycles. The second-order valence-corrected chi connectivity index (χ2v) is 6.78. The third-order valence-electron chi connectivity index (χ3n) is 4.09. The van der Waals surface area contributed by atoms with E-state index in [2.05, 4.69) is 4.98 Å². The van der Waals surface area contributed by atoms with Gasteiger partial charge in [0.2, 0.25) is 0 Å². The van der Waals surface area contributed by atoms with E-state index in [0.717, 1.165) is 16.9 Å². The minimum absolute atomic E-state index is 0.0145. The Kier molecular flexibility index (Phi) is 4.17. The Morgan fingerprint density at radius 3 is 2.44 bits per heavy atom. The molecule has 8 heteroatoms. The Bertz CT molecular complexity index is 1240. The summed E-state index contributed by atoms with van der Waals surface area (Å²) in [5.41, 5.74) is 2.08. The molecule has 2 aromatic heterocycles. The average Bonchev–Trinajstić information content (AvgIpc) is 3.22. The Balaban J connectivity index is 1.71. The number of rotatable bonds is 4. The zero-order valence-corrected chi connectivity index (χ0v) is 15.0. The van der Waals surface area contributed by atoms with Crippen LogP contribution in [0.5, 0.6) is 5.75 Å². The van der Waals surface area contributed by atoms with Crippen LogP contribution in [-0.4, -0.2) is 21.4 Å². The minimum atomic E-state index is -0.452. The fourth-order valence-electron chi connectivity index (χ4n) is 2.68. The van der Waals surface area contributed by atoms with E-state index < -0.39 is 4.92 Å². The fraction of sp³-hybridized carbons (Fsp3) is 0.0526. The lowest BCUT2D eigenvalue weighted by atomic mass is 10.1. The fourth-order valence-corrected chi connectivity index (χ4v) is 3.63. The van der Waals surface area contributed by atoms with Gasteiger partial charge in [0.25, 0.3) is 11.2 Å². The van der Waals surface area contributed by atoms with E-state index in [1.807, 2.05) is 30.3 Å². The number of benzene rings is 2. The first-order chi connectivity index (χ1) is 13.0. The molecule has 0 radical (unpaired) electrons.